The summed E-state index contributed by atoms with van der Waals surface area (Å²) >= 11 is 0. The molecule has 0 atom stereocenters. The molecule has 126 valence electrons. The number of hydrogen-bond acceptors (Lipinski definition) is 3. The minimum atomic E-state index is -0.141. The molecule has 1 aromatic heterocycles. The molecule has 3 aromatic rings. The van der Waals surface area contributed by atoms with Gasteiger partial charge in [0.1, 0.15) is 5.75 Å². The number of aromatic nitrogens is 1. The second-order valence-electron chi connectivity index (χ2n) is 5.80. The van der Waals surface area contributed by atoms with Crippen molar-refractivity contribution >= 4 is 5.91 Å². The van der Waals surface area contributed by atoms with Crippen LogP contribution in [0.3, 0.4) is 0 Å². The lowest BCUT2D eigenvalue weighted by Gasteiger charge is -2.11. The van der Waals surface area contributed by atoms with Crippen molar-refractivity contribution in [2.24, 2.45) is 0 Å². The van der Waals surface area contributed by atoms with Crippen LogP contribution in [0.5, 0.6) is 5.75 Å². The minimum Gasteiger partial charge on any atom is -0.497 e. The zero-order valence-electron chi connectivity index (χ0n) is 14.3. The summed E-state index contributed by atoms with van der Waals surface area (Å²) in [6.07, 6.45) is 1.77. The predicted octanol–water partition coefficient (Wildman–Crippen LogP) is 4.00. The number of amides is 1. The molecule has 4 heteroatoms. The minimum absolute atomic E-state index is 0.141. The molecule has 0 unspecified atom stereocenters. The fraction of sp³-hybridized carbons (Fsp3) is 0.143. The summed E-state index contributed by atoms with van der Waals surface area (Å²) in [5, 5.41) is 2.96. The standard InChI is InChI=1S/C21H20N2O2/c1-15-6-3-7-16(12-15)20-18(9-5-11-22-20)14-23-21(24)17-8-4-10-19(13-17)25-2/h3-13H,14H2,1-2H3,(H,23,24). The maximum Gasteiger partial charge on any atom is 0.251 e. The van der Waals surface area contributed by atoms with Crippen molar-refractivity contribution in [1.82, 2.24) is 10.3 Å². The van der Waals surface area contributed by atoms with Crippen LogP contribution in [0.2, 0.25) is 0 Å². The third kappa shape index (κ3) is 4.04. The van der Waals surface area contributed by atoms with Crippen LogP contribution >= 0.6 is 0 Å². The highest BCUT2D eigenvalue weighted by molar-refractivity contribution is 5.94. The SMILES string of the molecule is COc1cccc(C(=O)NCc2cccnc2-c2cccc(C)c2)c1. The van der Waals surface area contributed by atoms with Crippen molar-refractivity contribution in [3.05, 3.63) is 83.6 Å². The topological polar surface area (TPSA) is 51.2 Å². The highest BCUT2D eigenvalue weighted by atomic mass is 16.5. The van der Waals surface area contributed by atoms with E-state index in [1.54, 1.807) is 31.5 Å². The molecular formula is C21H20N2O2. The number of benzene rings is 2. The van der Waals surface area contributed by atoms with Crippen LogP contribution < -0.4 is 10.1 Å². The van der Waals surface area contributed by atoms with E-state index >= 15 is 0 Å². The number of pyridine rings is 1. The summed E-state index contributed by atoms with van der Waals surface area (Å²) < 4.78 is 5.17. The zero-order valence-corrected chi connectivity index (χ0v) is 14.3. The van der Waals surface area contributed by atoms with Gasteiger partial charge < -0.3 is 10.1 Å². The molecule has 0 aliphatic rings. The first-order valence-corrected chi connectivity index (χ1v) is 8.10. The number of carbonyl (C=O) groups excluding carboxylic acids is 1. The Hall–Kier alpha value is -3.14. The predicted molar refractivity (Wildman–Crippen MR) is 98.6 cm³/mol. The van der Waals surface area contributed by atoms with Gasteiger partial charge in [0.2, 0.25) is 0 Å². The Morgan fingerprint density at radius 2 is 1.92 bits per heavy atom. The van der Waals surface area contributed by atoms with Gasteiger partial charge >= 0.3 is 0 Å². The lowest BCUT2D eigenvalue weighted by molar-refractivity contribution is 0.0950. The number of carbonyl (C=O) groups is 1. The van der Waals surface area contributed by atoms with Crippen LogP contribution in [-0.4, -0.2) is 18.0 Å². The Morgan fingerprint density at radius 3 is 2.72 bits per heavy atom. The fourth-order valence-electron chi connectivity index (χ4n) is 2.68. The van der Waals surface area contributed by atoms with E-state index in [4.69, 9.17) is 4.74 Å². The largest absolute Gasteiger partial charge is 0.497 e. The molecule has 0 saturated heterocycles. The number of ether oxygens (including phenoxy) is 1. The molecule has 1 amide bonds. The zero-order chi connectivity index (χ0) is 17.6. The van der Waals surface area contributed by atoms with Gasteiger partial charge in [0.25, 0.3) is 5.91 Å². The molecule has 3 rings (SSSR count). The third-order valence-electron chi connectivity index (χ3n) is 3.95. The Bertz CT molecular complexity index is 890. The highest BCUT2D eigenvalue weighted by Crippen LogP contribution is 2.22. The first-order valence-electron chi connectivity index (χ1n) is 8.10. The average Bonchev–Trinajstić information content (AvgIpc) is 2.66. The summed E-state index contributed by atoms with van der Waals surface area (Å²) in [7, 11) is 1.58. The van der Waals surface area contributed by atoms with Gasteiger partial charge in [-0.15, -0.1) is 0 Å². The molecule has 0 saturated carbocycles. The van der Waals surface area contributed by atoms with E-state index < -0.39 is 0 Å². The van der Waals surface area contributed by atoms with Crippen molar-refractivity contribution in [2.75, 3.05) is 7.11 Å². The normalized spacial score (nSPS) is 10.3. The van der Waals surface area contributed by atoms with E-state index in [2.05, 4.69) is 29.4 Å². The number of hydrogen-bond donors (Lipinski definition) is 1. The lowest BCUT2D eigenvalue weighted by atomic mass is 10.0. The number of rotatable bonds is 5. The van der Waals surface area contributed by atoms with Gasteiger partial charge in [-0.3, -0.25) is 9.78 Å². The van der Waals surface area contributed by atoms with E-state index in [-0.39, 0.29) is 5.91 Å². The maximum absolute atomic E-state index is 12.4. The van der Waals surface area contributed by atoms with Crippen molar-refractivity contribution in [2.45, 2.75) is 13.5 Å². The Balaban J connectivity index is 1.78. The molecule has 25 heavy (non-hydrogen) atoms. The van der Waals surface area contributed by atoms with E-state index in [0.717, 1.165) is 16.8 Å². The van der Waals surface area contributed by atoms with Crippen LogP contribution in [0.4, 0.5) is 0 Å². The number of nitrogens with zero attached hydrogens (tertiary/aromatic N) is 1. The van der Waals surface area contributed by atoms with Gasteiger partial charge in [-0.2, -0.15) is 0 Å². The van der Waals surface area contributed by atoms with E-state index in [1.807, 2.05) is 30.3 Å². The van der Waals surface area contributed by atoms with Crippen molar-refractivity contribution in [1.29, 1.82) is 0 Å². The van der Waals surface area contributed by atoms with Gasteiger partial charge in [-0.25, -0.2) is 0 Å². The van der Waals surface area contributed by atoms with Crippen LogP contribution in [-0.2, 0) is 6.54 Å². The molecule has 0 aliphatic heterocycles. The molecule has 1 heterocycles. The molecule has 0 radical (unpaired) electrons. The first-order chi connectivity index (χ1) is 12.2. The molecule has 0 spiro atoms. The van der Waals surface area contributed by atoms with E-state index in [9.17, 15) is 4.79 Å². The summed E-state index contributed by atoms with van der Waals surface area (Å²) in [5.74, 6) is 0.521. The molecule has 1 N–H and O–H groups in total. The van der Waals surface area contributed by atoms with Crippen LogP contribution in [0.1, 0.15) is 21.5 Å². The number of aryl methyl sites for hydroxylation is 1. The monoisotopic (exact) mass is 332 g/mol. The molecule has 0 bridgehead atoms. The Morgan fingerprint density at radius 1 is 1.08 bits per heavy atom. The summed E-state index contributed by atoms with van der Waals surface area (Å²) in [6.45, 7) is 2.46. The van der Waals surface area contributed by atoms with Gasteiger partial charge in [0.15, 0.2) is 0 Å². The van der Waals surface area contributed by atoms with Gasteiger partial charge in [0, 0.05) is 23.9 Å². The maximum atomic E-state index is 12.4. The molecule has 0 fully saturated rings. The highest BCUT2D eigenvalue weighted by Gasteiger charge is 2.10. The second-order valence-corrected chi connectivity index (χ2v) is 5.80. The van der Waals surface area contributed by atoms with Gasteiger partial charge in [-0.1, -0.05) is 35.9 Å². The van der Waals surface area contributed by atoms with Crippen LogP contribution in [0.15, 0.2) is 66.9 Å². The Labute approximate surface area is 147 Å². The van der Waals surface area contributed by atoms with Crippen molar-refractivity contribution in [3.63, 3.8) is 0 Å². The lowest BCUT2D eigenvalue weighted by Crippen LogP contribution is -2.23. The summed E-state index contributed by atoms with van der Waals surface area (Å²) in [5.41, 5.74) is 4.66. The molecule has 2 aromatic carbocycles. The number of nitrogens with one attached hydrogen (secondary N) is 1. The van der Waals surface area contributed by atoms with Gasteiger partial charge in [0.05, 0.1) is 12.8 Å². The van der Waals surface area contributed by atoms with Crippen molar-refractivity contribution in [3.8, 4) is 17.0 Å². The smallest absolute Gasteiger partial charge is 0.251 e. The molecule has 4 nitrogen and oxygen atoms in total. The summed E-state index contributed by atoms with van der Waals surface area (Å²) in [6, 6.07) is 19.2. The quantitative estimate of drug-likeness (QED) is 0.768. The Kier molecular flexibility index (Phi) is 5.09. The summed E-state index contributed by atoms with van der Waals surface area (Å²) in [4.78, 5) is 16.9. The fourth-order valence-corrected chi connectivity index (χ4v) is 2.68. The molecular weight excluding hydrogens is 312 g/mol. The first kappa shape index (κ1) is 16.7. The van der Waals surface area contributed by atoms with E-state index in [0.29, 0.717) is 17.9 Å². The average molecular weight is 332 g/mol. The van der Waals surface area contributed by atoms with Crippen LogP contribution in [0.25, 0.3) is 11.3 Å². The third-order valence-corrected chi connectivity index (χ3v) is 3.95. The molecule has 0 aliphatic carbocycles. The van der Waals surface area contributed by atoms with Gasteiger partial charge in [-0.05, 0) is 42.8 Å². The van der Waals surface area contributed by atoms with Crippen LogP contribution in [0, 0.1) is 6.92 Å². The number of methoxy groups -OCH3 is 1. The van der Waals surface area contributed by atoms with Crippen molar-refractivity contribution < 1.29 is 9.53 Å². The second kappa shape index (κ2) is 7.62. The van der Waals surface area contributed by atoms with E-state index in [1.165, 1.54) is 5.56 Å².